The highest BCUT2D eigenvalue weighted by molar-refractivity contribution is 5.82. The number of methoxy groups -OCH3 is 1. The van der Waals surface area contributed by atoms with E-state index < -0.39 is 6.10 Å². The summed E-state index contributed by atoms with van der Waals surface area (Å²) in [5.74, 6) is 0.0949. The first-order valence-corrected chi connectivity index (χ1v) is 7.86. The van der Waals surface area contributed by atoms with Crippen LogP contribution >= 0.6 is 0 Å². The summed E-state index contributed by atoms with van der Waals surface area (Å²) in [5.41, 5.74) is 0.931. The van der Waals surface area contributed by atoms with Gasteiger partial charge in [-0.3, -0.25) is 4.79 Å². The van der Waals surface area contributed by atoms with Gasteiger partial charge in [0.15, 0.2) is 6.10 Å². The van der Waals surface area contributed by atoms with Gasteiger partial charge in [0.1, 0.15) is 0 Å². The lowest BCUT2D eigenvalue weighted by atomic mass is 10.0. The number of ether oxygens (including phenoxy) is 1. The summed E-state index contributed by atoms with van der Waals surface area (Å²) >= 11 is 0. The van der Waals surface area contributed by atoms with Crippen LogP contribution in [-0.4, -0.2) is 43.6 Å². The standard InChI is InChI=1S/C17H26N2O2/c1-3-13-19(15-9-11-18-12-10-15)17(20)16(21-2)14-7-5-4-6-8-14/h4-8,15-16,18H,3,9-13H2,1-2H3. The Morgan fingerprint density at radius 3 is 2.57 bits per heavy atom. The van der Waals surface area contributed by atoms with Crippen molar-refractivity contribution in [3.05, 3.63) is 35.9 Å². The molecule has 0 aromatic heterocycles. The van der Waals surface area contributed by atoms with Crippen molar-refractivity contribution in [3.8, 4) is 0 Å². The van der Waals surface area contributed by atoms with Crippen LogP contribution in [0.1, 0.15) is 37.9 Å². The number of benzene rings is 1. The van der Waals surface area contributed by atoms with Crippen LogP contribution in [0.2, 0.25) is 0 Å². The zero-order valence-electron chi connectivity index (χ0n) is 13.0. The van der Waals surface area contributed by atoms with Gasteiger partial charge < -0.3 is 15.0 Å². The molecule has 0 radical (unpaired) electrons. The number of rotatable bonds is 6. The lowest BCUT2D eigenvalue weighted by Gasteiger charge is -2.36. The quantitative estimate of drug-likeness (QED) is 0.874. The van der Waals surface area contributed by atoms with E-state index in [0.29, 0.717) is 6.04 Å². The Bertz CT molecular complexity index is 430. The summed E-state index contributed by atoms with van der Waals surface area (Å²) in [5, 5.41) is 3.36. The van der Waals surface area contributed by atoms with Crippen molar-refractivity contribution in [2.45, 2.75) is 38.3 Å². The van der Waals surface area contributed by atoms with Crippen LogP contribution in [0.15, 0.2) is 30.3 Å². The van der Waals surface area contributed by atoms with Gasteiger partial charge in [-0.15, -0.1) is 0 Å². The van der Waals surface area contributed by atoms with E-state index in [1.165, 1.54) is 0 Å². The Labute approximate surface area is 127 Å². The van der Waals surface area contributed by atoms with Crippen molar-refractivity contribution in [3.63, 3.8) is 0 Å². The molecule has 21 heavy (non-hydrogen) atoms. The van der Waals surface area contributed by atoms with Crippen molar-refractivity contribution in [1.82, 2.24) is 10.2 Å². The zero-order valence-corrected chi connectivity index (χ0v) is 13.0. The lowest BCUT2D eigenvalue weighted by Crippen LogP contribution is -2.48. The summed E-state index contributed by atoms with van der Waals surface area (Å²) in [4.78, 5) is 15.0. The van der Waals surface area contributed by atoms with Crippen molar-refractivity contribution in [2.24, 2.45) is 0 Å². The minimum Gasteiger partial charge on any atom is -0.367 e. The van der Waals surface area contributed by atoms with E-state index in [2.05, 4.69) is 12.2 Å². The summed E-state index contributed by atoms with van der Waals surface area (Å²) < 4.78 is 5.51. The molecule has 0 aliphatic carbocycles. The molecule has 1 fully saturated rings. The van der Waals surface area contributed by atoms with E-state index in [4.69, 9.17) is 4.74 Å². The second kappa shape index (κ2) is 8.15. The maximum Gasteiger partial charge on any atom is 0.256 e. The molecule has 1 N–H and O–H groups in total. The van der Waals surface area contributed by atoms with Gasteiger partial charge in [-0.1, -0.05) is 37.3 Å². The molecule has 1 aromatic carbocycles. The van der Waals surface area contributed by atoms with Crippen LogP contribution < -0.4 is 5.32 Å². The van der Waals surface area contributed by atoms with Crippen LogP contribution in [0.4, 0.5) is 0 Å². The van der Waals surface area contributed by atoms with Gasteiger partial charge in [0, 0.05) is 19.7 Å². The minimum absolute atomic E-state index is 0.0949. The Hall–Kier alpha value is -1.39. The van der Waals surface area contributed by atoms with Gasteiger partial charge in [-0.05, 0) is 37.9 Å². The third-order valence-electron chi connectivity index (χ3n) is 4.06. The number of hydrogen-bond donors (Lipinski definition) is 1. The molecule has 4 nitrogen and oxygen atoms in total. The van der Waals surface area contributed by atoms with Crippen LogP contribution in [-0.2, 0) is 9.53 Å². The fraction of sp³-hybridized carbons (Fsp3) is 0.588. The van der Waals surface area contributed by atoms with Gasteiger partial charge >= 0.3 is 0 Å². The number of nitrogens with zero attached hydrogens (tertiary/aromatic N) is 1. The van der Waals surface area contributed by atoms with E-state index in [-0.39, 0.29) is 5.91 Å². The van der Waals surface area contributed by atoms with Crippen LogP contribution in [0.3, 0.4) is 0 Å². The molecule has 1 saturated heterocycles. The van der Waals surface area contributed by atoms with Gasteiger partial charge in [-0.2, -0.15) is 0 Å². The molecule has 0 saturated carbocycles. The van der Waals surface area contributed by atoms with Gasteiger partial charge in [0.05, 0.1) is 0 Å². The van der Waals surface area contributed by atoms with Crippen molar-refractivity contribution >= 4 is 5.91 Å². The third kappa shape index (κ3) is 4.05. The zero-order chi connectivity index (χ0) is 15.1. The Kier molecular flexibility index (Phi) is 6.21. The number of amides is 1. The first-order valence-electron chi connectivity index (χ1n) is 7.86. The topological polar surface area (TPSA) is 41.6 Å². The monoisotopic (exact) mass is 290 g/mol. The fourth-order valence-electron chi connectivity index (χ4n) is 2.99. The summed E-state index contributed by atoms with van der Waals surface area (Å²) in [6.45, 7) is 4.89. The average molecular weight is 290 g/mol. The van der Waals surface area contributed by atoms with E-state index in [1.807, 2.05) is 35.2 Å². The van der Waals surface area contributed by atoms with Gasteiger partial charge in [0.2, 0.25) is 0 Å². The van der Waals surface area contributed by atoms with Crippen molar-refractivity contribution in [1.29, 1.82) is 0 Å². The molecule has 1 aromatic rings. The number of carbonyl (C=O) groups is 1. The highest BCUT2D eigenvalue weighted by Gasteiger charge is 2.30. The van der Waals surface area contributed by atoms with Crippen LogP contribution in [0.5, 0.6) is 0 Å². The Balaban J connectivity index is 2.15. The Morgan fingerprint density at radius 1 is 1.33 bits per heavy atom. The number of piperidine rings is 1. The van der Waals surface area contributed by atoms with E-state index in [9.17, 15) is 4.79 Å². The molecule has 1 unspecified atom stereocenters. The molecule has 1 aliphatic heterocycles. The predicted octanol–water partition coefficient (Wildman–Crippen LogP) is 2.36. The molecule has 4 heteroatoms. The maximum atomic E-state index is 12.9. The molecular formula is C17H26N2O2. The largest absolute Gasteiger partial charge is 0.367 e. The highest BCUT2D eigenvalue weighted by atomic mass is 16.5. The number of nitrogens with one attached hydrogen (secondary N) is 1. The maximum absolute atomic E-state index is 12.9. The van der Waals surface area contributed by atoms with E-state index in [1.54, 1.807) is 7.11 Å². The van der Waals surface area contributed by atoms with E-state index >= 15 is 0 Å². The van der Waals surface area contributed by atoms with Gasteiger partial charge in [0.25, 0.3) is 5.91 Å². The summed E-state index contributed by atoms with van der Waals surface area (Å²) in [6, 6.07) is 10.1. The summed E-state index contributed by atoms with van der Waals surface area (Å²) in [7, 11) is 1.61. The predicted molar refractivity (Wildman–Crippen MR) is 84.1 cm³/mol. The molecule has 1 heterocycles. The second-order valence-electron chi connectivity index (χ2n) is 5.54. The molecule has 1 aliphatic rings. The van der Waals surface area contributed by atoms with Crippen molar-refractivity contribution in [2.75, 3.05) is 26.7 Å². The average Bonchev–Trinajstić information content (AvgIpc) is 2.55. The first-order chi connectivity index (χ1) is 10.3. The molecular weight excluding hydrogens is 264 g/mol. The second-order valence-corrected chi connectivity index (χ2v) is 5.54. The first kappa shape index (κ1) is 16.0. The van der Waals surface area contributed by atoms with Gasteiger partial charge in [-0.25, -0.2) is 0 Å². The molecule has 116 valence electrons. The molecule has 2 rings (SSSR count). The lowest BCUT2D eigenvalue weighted by molar-refractivity contribution is -0.145. The molecule has 0 bridgehead atoms. The highest BCUT2D eigenvalue weighted by Crippen LogP contribution is 2.23. The molecule has 0 spiro atoms. The third-order valence-corrected chi connectivity index (χ3v) is 4.06. The SMILES string of the molecule is CCCN(C(=O)C(OC)c1ccccc1)C1CCNCC1. The normalized spacial score (nSPS) is 17.4. The number of hydrogen-bond acceptors (Lipinski definition) is 3. The van der Waals surface area contributed by atoms with Crippen LogP contribution in [0.25, 0.3) is 0 Å². The summed E-state index contributed by atoms with van der Waals surface area (Å²) in [6.07, 6.45) is 2.53. The smallest absolute Gasteiger partial charge is 0.256 e. The minimum atomic E-state index is -0.493. The van der Waals surface area contributed by atoms with Crippen molar-refractivity contribution < 1.29 is 9.53 Å². The molecule has 1 atom stereocenters. The molecule has 1 amide bonds. The van der Waals surface area contributed by atoms with E-state index in [0.717, 1.165) is 44.5 Å². The number of carbonyl (C=O) groups excluding carboxylic acids is 1. The van der Waals surface area contributed by atoms with Crippen LogP contribution in [0, 0.1) is 0 Å². The Morgan fingerprint density at radius 2 is 2.00 bits per heavy atom. The fourth-order valence-corrected chi connectivity index (χ4v) is 2.99.